The van der Waals surface area contributed by atoms with Crippen molar-refractivity contribution in [1.82, 2.24) is 10.2 Å². The van der Waals surface area contributed by atoms with E-state index in [4.69, 9.17) is 0 Å². The fourth-order valence-corrected chi connectivity index (χ4v) is 3.32. The number of amides is 1. The Labute approximate surface area is 139 Å². The highest BCUT2D eigenvalue weighted by Gasteiger charge is 2.39. The molecule has 1 amide bonds. The molecular weight excluding hydrogens is 321 g/mol. The first-order valence-electron chi connectivity index (χ1n) is 7.98. The number of nitrogens with zero attached hydrogens (tertiary/aromatic N) is 1. The average molecular weight is 344 g/mol. The highest BCUT2D eigenvalue weighted by molar-refractivity contribution is 5.73. The molecule has 1 aliphatic rings. The van der Waals surface area contributed by atoms with Gasteiger partial charge in [-0.15, -0.1) is 0 Å². The van der Waals surface area contributed by atoms with Crippen LogP contribution in [0.5, 0.6) is 0 Å². The van der Waals surface area contributed by atoms with Crippen LogP contribution in [0.3, 0.4) is 0 Å². The first-order valence-corrected chi connectivity index (χ1v) is 7.98. The zero-order valence-electron chi connectivity index (χ0n) is 13.9. The molecule has 1 saturated heterocycles. The number of hydrogen-bond donors (Lipinski definition) is 2. The van der Waals surface area contributed by atoms with Crippen molar-refractivity contribution >= 4 is 5.91 Å². The molecule has 24 heavy (non-hydrogen) atoms. The van der Waals surface area contributed by atoms with Crippen LogP contribution in [0.25, 0.3) is 0 Å². The predicted molar refractivity (Wildman–Crippen MR) is 84.3 cm³/mol. The molecule has 2 atom stereocenters. The van der Waals surface area contributed by atoms with Gasteiger partial charge in [0.25, 0.3) is 0 Å². The van der Waals surface area contributed by atoms with Gasteiger partial charge >= 0.3 is 6.18 Å². The van der Waals surface area contributed by atoms with Gasteiger partial charge in [0, 0.05) is 26.1 Å². The van der Waals surface area contributed by atoms with Gasteiger partial charge in [0.2, 0.25) is 5.91 Å². The van der Waals surface area contributed by atoms with Crippen LogP contribution in [0.2, 0.25) is 0 Å². The summed E-state index contributed by atoms with van der Waals surface area (Å²) >= 11 is 0. The van der Waals surface area contributed by atoms with Crippen LogP contribution in [-0.4, -0.2) is 41.6 Å². The van der Waals surface area contributed by atoms with Crippen LogP contribution >= 0.6 is 0 Å². The topological polar surface area (TPSA) is 52.6 Å². The van der Waals surface area contributed by atoms with Gasteiger partial charge in [-0.25, -0.2) is 0 Å². The van der Waals surface area contributed by atoms with Crippen molar-refractivity contribution in [2.45, 2.75) is 44.5 Å². The lowest BCUT2D eigenvalue weighted by molar-refractivity contribution is -0.141. The lowest BCUT2D eigenvalue weighted by atomic mass is 9.89. The third-order valence-electron chi connectivity index (χ3n) is 4.26. The zero-order valence-corrected chi connectivity index (χ0v) is 13.9. The highest BCUT2D eigenvalue weighted by Crippen LogP contribution is 2.37. The third-order valence-corrected chi connectivity index (χ3v) is 4.26. The van der Waals surface area contributed by atoms with Gasteiger partial charge in [0.15, 0.2) is 0 Å². The number of nitrogens with one attached hydrogen (secondary N) is 1. The minimum absolute atomic E-state index is 0.0371. The van der Waals surface area contributed by atoms with Crippen molar-refractivity contribution < 1.29 is 23.1 Å². The first kappa shape index (κ1) is 18.7. The standard InChI is InChI=1S/C17H23F3N2O2/c1-12(23)21-13-6-5-9-22(10-13)11-16(2,24)14-7-3-4-8-15(14)17(18,19)20/h3-4,7-8,13,24H,5-6,9-11H2,1-2H3,(H,21,23)/t13-,16-/m1/s1. The van der Waals surface area contributed by atoms with Crippen molar-refractivity contribution in [3.05, 3.63) is 35.4 Å². The summed E-state index contributed by atoms with van der Waals surface area (Å²) in [5.74, 6) is -0.129. The van der Waals surface area contributed by atoms with E-state index in [2.05, 4.69) is 5.32 Å². The van der Waals surface area contributed by atoms with Crippen molar-refractivity contribution in [3.8, 4) is 0 Å². The van der Waals surface area contributed by atoms with Gasteiger partial charge in [-0.3, -0.25) is 9.69 Å². The number of alkyl halides is 3. The molecule has 134 valence electrons. The minimum Gasteiger partial charge on any atom is -0.384 e. The van der Waals surface area contributed by atoms with E-state index in [1.54, 1.807) is 0 Å². The van der Waals surface area contributed by atoms with Crippen molar-refractivity contribution in [2.24, 2.45) is 0 Å². The number of carbonyl (C=O) groups is 1. The summed E-state index contributed by atoms with van der Waals surface area (Å²) < 4.78 is 39.6. The highest BCUT2D eigenvalue weighted by atomic mass is 19.4. The van der Waals surface area contributed by atoms with Crippen molar-refractivity contribution in [3.63, 3.8) is 0 Å². The van der Waals surface area contributed by atoms with E-state index >= 15 is 0 Å². The molecule has 4 nitrogen and oxygen atoms in total. The molecule has 2 rings (SSSR count). The molecule has 0 bridgehead atoms. The van der Waals surface area contributed by atoms with E-state index < -0.39 is 17.3 Å². The monoisotopic (exact) mass is 344 g/mol. The van der Waals surface area contributed by atoms with Crippen LogP contribution in [-0.2, 0) is 16.6 Å². The Balaban J connectivity index is 2.15. The second-order valence-corrected chi connectivity index (χ2v) is 6.59. The summed E-state index contributed by atoms with van der Waals surface area (Å²) in [6.07, 6.45) is -2.86. The van der Waals surface area contributed by atoms with E-state index in [0.717, 1.165) is 18.9 Å². The molecule has 7 heteroatoms. The molecule has 1 fully saturated rings. The molecule has 0 saturated carbocycles. The third kappa shape index (κ3) is 4.70. The summed E-state index contributed by atoms with van der Waals surface area (Å²) in [6.45, 7) is 4.12. The maximum Gasteiger partial charge on any atom is 0.416 e. The van der Waals surface area contributed by atoms with Gasteiger partial charge in [-0.05, 0) is 37.9 Å². The molecule has 0 radical (unpaired) electrons. The summed E-state index contributed by atoms with van der Waals surface area (Å²) in [6, 6.07) is 5.08. The SMILES string of the molecule is CC(=O)N[C@@H]1CCCN(C[C@@](C)(O)c2ccccc2C(F)(F)F)C1. The van der Waals surface area contributed by atoms with Gasteiger partial charge < -0.3 is 10.4 Å². The quantitative estimate of drug-likeness (QED) is 0.882. The zero-order chi connectivity index (χ0) is 18.0. The lowest BCUT2D eigenvalue weighted by Crippen LogP contribution is -2.50. The molecule has 0 unspecified atom stereocenters. The average Bonchev–Trinajstić information content (AvgIpc) is 2.45. The Bertz CT molecular complexity index is 587. The summed E-state index contributed by atoms with van der Waals surface area (Å²) in [7, 11) is 0. The second kappa shape index (κ2) is 7.11. The maximum absolute atomic E-state index is 13.2. The predicted octanol–water partition coefficient (Wildman–Crippen LogP) is 2.51. The molecule has 1 aromatic carbocycles. The van der Waals surface area contributed by atoms with Gasteiger partial charge in [-0.1, -0.05) is 18.2 Å². The number of rotatable bonds is 4. The van der Waals surface area contributed by atoms with Crippen molar-refractivity contribution in [1.29, 1.82) is 0 Å². The molecular formula is C17H23F3N2O2. The maximum atomic E-state index is 13.2. The van der Waals surface area contributed by atoms with Gasteiger partial charge in [-0.2, -0.15) is 13.2 Å². The molecule has 1 heterocycles. The first-order chi connectivity index (χ1) is 11.1. The number of β-amino-alcohol motifs (C(OH)–C–C–N with tert-alkyl or cyclic N) is 1. The van der Waals surface area contributed by atoms with Crippen molar-refractivity contribution in [2.75, 3.05) is 19.6 Å². The molecule has 1 aromatic rings. The number of benzene rings is 1. The van der Waals surface area contributed by atoms with Crippen LogP contribution in [0, 0.1) is 0 Å². The van der Waals surface area contributed by atoms with E-state index in [1.165, 1.54) is 32.0 Å². The lowest BCUT2D eigenvalue weighted by Gasteiger charge is -2.38. The Kier molecular flexibility index (Phi) is 5.55. The second-order valence-electron chi connectivity index (χ2n) is 6.59. The Morgan fingerprint density at radius 1 is 1.33 bits per heavy atom. The largest absolute Gasteiger partial charge is 0.416 e. The normalized spacial score (nSPS) is 22.0. The minimum atomic E-state index is -4.51. The Morgan fingerprint density at radius 2 is 1.96 bits per heavy atom. The number of hydrogen-bond acceptors (Lipinski definition) is 3. The molecule has 0 aromatic heterocycles. The van der Waals surface area contributed by atoms with Crippen LogP contribution in [0.15, 0.2) is 24.3 Å². The fourth-order valence-electron chi connectivity index (χ4n) is 3.32. The number of piperidine rings is 1. The van der Waals surface area contributed by atoms with Crippen LogP contribution < -0.4 is 5.32 Å². The summed E-state index contributed by atoms with van der Waals surface area (Å²) in [4.78, 5) is 13.1. The number of aliphatic hydroxyl groups is 1. The number of likely N-dealkylation sites (tertiary alicyclic amines) is 1. The van der Waals surface area contributed by atoms with Crippen LogP contribution in [0.1, 0.15) is 37.8 Å². The number of carbonyl (C=O) groups excluding carboxylic acids is 1. The summed E-state index contributed by atoms with van der Waals surface area (Å²) in [5, 5.41) is 13.6. The van der Waals surface area contributed by atoms with Gasteiger partial charge in [0.1, 0.15) is 5.60 Å². The molecule has 1 aliphatic heterocycles. The summed E-state index contributed by atoms with van der Waals surface area (Å²) in [5.41, 5.74) is -2.57. The Hall–Kier alpha value is -1.60. The molecule has 2 N–H and O–H groups in total. The van der Waals surface area contributed by atoms with E-state index in [0.29, 0.717) is 13.1 Å². The molecule has 0 spiro atoms. The fraction of sp³-hybridized carbons (Fsp3) is 0.588. The van der Waals surface area contributed by atoms with E-state index in [9.17, 15) is 23.1 Å². The smallest absolute Gasteiger partial charge is 0.384 e. The Morgan fingerprint density at radius 3 is 2.54 bits per heavy atom. The van der Waals surface area contributed by atoms with Gasteiger partial charge in [0.05, 0.1) is 5.56 Å². The van der Waals surface area contributed by atoms with E-state index in [-0.39, 0.29) is 24.1 Å². The van der Waals surface area contributed by atoms with E-state index in [1.807, 2.05) is 4.90 Å². The number of halogens is 3. The molecule has 0 aliphatic carbocycles. The van der Waals surface area contributed by atoms with Crippen LogP contribution in [0.4, 0.5) is 13.2 Å².